The molecule has 0 aromatic carbocycles. The molecule has 0 bridgehead atoms. The molecule has 0 N–H and O–H groups in total. The number of likely N-dealkylation sites (N-methyl/N-ethyl adjacent to an activating group) is 1. The Morgan fingerprint density at radius 1 is 1.38 bits per heavy atom. The molecule has 1 aromatic rings. The van der Waals surface area contributed by atoms with Gasteiger partial charge in [-0.3, -0.25) is 25.0 Å². The van der Waals surface area contributed by atoms with Gasteiger partial charge in [-0.2, -0.15) is 13.2 Å². The van der Waals surface area contributed by atoms with Gasteiger partial charge in [0.15, 0.2) is 5.84 Å². The molecular formula is C16H20F3N5O2. The van der Waals surface area contributed by atoms with Gasteiger partial charge in [0.05, 0.1) is 19.3 Å². The van der Waals surface area contributed by atoms with Gasteiger partial charge < -0.3 is 4.90 Å². The second-order valence-corrected chi connectivity index (χ2v) is 6.78. The van der Waals surface area contributed by atoms with Crippen molar-refractivity contribution in [3.05, 3.63) is 39.7 Å². The van der Waals surface area contributed by atoms with E-state index in [1.54, 1.807) is 18.9 Å². The summed E-state index contributed by atoms with van der Waals surface area (Å²) < 4.78 is 37.8. The molecule has 1 saturated heterocycles. The van der Waals surface area contributed by atoms with Crippen LogP contribution in [0.5, 0.6) is 0 Å². The third-order valence-electron chi connectivity index (χ3n) is 4.69. The number of pyridine rings is 1. The van der Waals surface area contributed by atoms with Gasteiger partial charge in [-0.05, 0) is 31.4 Å². The molecule has 0 radical (unpaired) electrons. The van der Waals surface area contributed by atoms with Crippen molar-refractivity contribution < 1.29 is 18.1 Å². The summed E-state index contributed by atoms with van der Waals surface area (Å²) in [7, 11) is 1.75. The average Bonchev–Trinajstić information content (AvgIpc) is 3.40. The van der Waals surface area contributed by atoms with E-state index in [0.29, 0.717) is 30.7 Å². The summed E-state index contributed by atoms with van der Waals surface area (Å²) >= 11 is 0. The first kappa shape index (κ1) is 18.6. The van der Waals surface area contributed by atoms with Gasteiger partial charge in [-0.25, -0.2) is 0 Å². The molecule has 2 fully saturated rings. The van der Waals surface area contributed by atoms with Crippen molar-refractivity contribution in [2.75, 3.05) is 20.3 Å². The fourth-order valence-corrected chi connectivity index (χ4v) is 3.10. The van der Waals surface area contributed by atoms with Crippen LogP contribution in [0, 0.1) is 10.1 Å². The molecule has 7 nitrogen and oxygen atoms in total. The summed E-state index contributed by atoms with van der Waals surface area (Å²) in [4.78, 5) is 22.9. The molecule has 3 rings (SSSR count). The Kier molecular flexibility index (Phi) is 4.87. The minimum Gasteiger partial charge on any atom is -0.345 e. The highest BCUT2D eigenvalue weighted by Gasteiger charge is 2.42. The Hall–Kier alpha value is -2.23. The number of nitro groups is 1. The Balaban J connectivity index is 1.80. The predicted octanol–water partition coefficient (Wildman–Crippen LogP) is 2.57. The molecule has 2 unspecified atom stereocenters. The van der Waals surface area contributed by atoms with Crippen molar-refractivity contribution in [1.29, 1.82) is 0 Å². The lowest BCUT2D eigenvalue weighted by molar-refractivity contribution is -0.507. The minimum absolute atomic E-state index is 0.304. The van der Waals surface area contributed by atoms with Gasteiger partial charge >= 0.3 is 6.18 Å². The van der Waals surface area contributed by atoms with E-state index in [-0.39, 0.29) is 4.92 Å². The van der Waals surface area contributed by atoms with Crippen molar-refractivity contribution in [2.45, 2.75) is 44.1 Å². The fourth-order valence-electron chi connectivity index (χ4n) is 3.10. The SMILES string of the molecule is CC(N=C1C([N+](=O)[O-])CN(C2CC2)CN1C)c1ccc(C(F)(F)F)nc1. The summed E-state index contributed by atoms with van der Waals surface area (Å²) in [5.41, 5.74) is -0.496. The quantitative estimate of drug-likeness (QED) is 0.601. The lowest BCUT2D eigenvalue weighted by atomic mass is 10.1. The van der Waals surface area contributed by atoms with Crippen LogP contribution in [-0.2, 0) is 6.18 Å². The number of nitrogens with zero attached hydrogens (tertiary/aromatic N) is 5. The summed E-state index contributed by atoms with van der Waals surface area (Å²) in [6, 6.07) is 1.14. The first-order valence-electron chi connectivity index (χ1n) is 8.36. The zero-order chi connectivity index (χ0) is 19.1. The van der Waals surface area contributed by atoms with Gasteiger partial charge in [-0.15, -0.1) is 0 Å². The Labute approximate surface area is 148 Å². The normalized spacial score (nSPS) is 24.7. The Bertz CT molecular complexity index is 703. The first-order chi connectivity index (χ1) is 12.2. The van der Waals surface area contributed by atoms with Crippen LogP contribution in [0.2, 0.25) is 0 Å². The molecular weight excluding hydrogens is 351 g/mol. The van der Waals surface area contributed by atoms with Crippen LogP contribution in [0.3, 0.4) is 0 Å². The molecule has 1 aromatic heterocycles. The summed E-state index contributed by atoms with van der Waals surface area (Å²) in [6.45, 7) is 2.56. The summed E-state index contributed by atoms with van der Waals surface area (Å²) in [5, 5.41) is 11.5. The highest BCUT2D eigenvalue weighted by molar-refractivity contribution is 5.87. The van der Waals surface area contributed by atoms with Crippen LogP contribution in [0.1, 0.15) is 37.1 Å². The van der Waals surface area contributed by atoms with Crippen molar-refractivity contribution in [2.24, 2.45) is 4.99 Å². The molecule has 1 aliphatic heterocycles. The van der Waals surface area contributed by atoms with Crippen LogP contribution >= 0.6 is 0 Å². The van der Waals surface area contributed by atoms with Crippen molar-refractivity contribution >= 4 is 5.84 Å². The average molecular weight is 371 g/mol. The number of hydrogen-bond donors (Lipinski definition) is 0. The van der Waals surface area contributed by atoms with Crippen LogP contribution in [0.15, 0.2) is 23.3 Å². The zero-order valence-corrected chi connectivity index (χ0v) is 14.5. The van der Waals surface area contributed by atoms with E-state index in [1.807, 2.05) is 0 Å². The number of halogens is 3. The smallest absolute Gasteiger partial charge is 0.345 e. The number of alkyl halides is 3. The molecule has 2 heterocycles. The van der Waals surface area contributed by atoms with Gasteiger partial charge in [0.2, 0.25) is 0 Å². The molecule has 26 heavy (non-hydrogen) atoms. The summed E-state index contributed by atoms with van der Waals surface area (Å²) in [6.07, 6.45) is -1.27. The number of rotatable bonds is 4. The minimum atomic E-state index is -4.50. The lowest BCUT2D eigenvalue weighted by Gasteiger charge is -2.37. The van der Waals surface area contributed by atoms with Crippen LogP contribution in [0.25, 0.3) is 0 Å². The highest BCUT2D eigenvalue weighted by atomic mass is 19.4. The van der Waals surface area contributed by atoms with E-state index in [1.165, 1.54) is 6.07 Å². The van der Waals surface area contributed by atoms with E-state index in [4.69, 9.17) is 0 Å². The van der Waals surface area contributed by atoms with Crippen molar-refractivity contribution in [3.63, 3.8) is 0 Å². The summed E-state index contributed by atoms with van der Waals surface area (Å²) in [5.74, 6) is 0.347. The second-order valence-electron chi connectivity index (χ2n) is 6.78. The molecule has 10 heteroatoms. The molecule has 1 aliphatic carbocycles. The van der Waals surface area contributed by atoms with E-state index >= 15 is 0 Å². The van der Waals surface area contributed by atoms with Crippen LogP contribution in [0.4, 0.5) is 13.2 Å². The molecule has 2 atom stereocenters. The maximum Gasteiger partial charge on any atom is 0.433 e. The molecule has 0 spiro atoms. The maximum absolute atomic E-state index is 12.6. The number of aliphatic imine (C=N–C) groups is 1. The Morgan fingerprint density at radius 2 is 2.08 bits per heavy atom. The number of hydrogen-bond acceptors (Lipinski definition) is 5. The standard InChI is InChI=1S/C16H20F3N5O2/c1-10(11-3-6-14(20-7-11)16(17,18)19)21-15-13(24(25)26)8-23(9-22(15)2)12-4-5-12/h3,6-7,10,12-13H,4-5,8-9H2,1-2H3. The van der Waals surface area contributed by atoms with E-state index in [2.05, 4.69) is 14.9 Å². The van der Waals surface area contributed by atoms with Crippen molar-refractivity contribution in [3.8, 4) is 0 Å². The fraction of sp³-hybridized carbons (Fsp3) is 0.625. The van der Waals surface area contributed by atoms with Crippen molar-refractivity contribution in [1.82, 2.24) is 14.8 Å². The van der Waals surface area contributed by atoms with Gasteiger partial charge in [0.1, 0.15) is 5.69 Å². The van der Waals surface area contributed by atoms with E-state index in [0.717, 1.165) is 25.1 Å². The number of aromatic nitrogens is 1. The number of amidine groups is 1. The van der Waals surface area contributed by atoms with E-state index < -0.39 is 24.0 Å². The largest absolute Gasteiger partial charge is 0.433 e. The van der Waals surface area contributed by atoms with Gasteiger partial charge in [0.25, 0.3) is 6.04 Å². The highest BCUT2D eigenvalue weighted by Crippen LogP contribution is 2.31. The van der Waals surface area contributed by atoms with Gasteiger partial charge in [-0.1, -0.05) is 6.07 Å². The zero-order valence-electron chi connectivity index (χ0n) is 14.5. The van der Waals surface area contributed by atoms with Crippen LogP contribution < -0.4 is 0 Å². The third-order valence-corrected chi connectivity index (χ3v) is 4.69. The maximum atomic E-state index is 12.6. The van der Waals surface area contributed by atoms with Crippen LogP contribution in [-0.4, -0.2) is 57.9 Å². The molecule has 1 saturated carbocycles. The van der Waals surface area contributed by atoms with Gasteiger partial charge in [0, 0.05) is 24.2 Å². The molecule has 2 aliphatic rings. The lowest BCUT2D eigenvalue weighted by Crippen LogP contribution is -2.57. The molecule has 142 valence electrons. The predicted molar refractivity (Wildman–Crippen MR) is 88.2 cm³/mol. The first-order valence-corrected chi connectivity index (χ1v) is 8.36. The monoisotopic (exact) mass is 371 g/mol. The second kappa shape index (κ2) is 6.82. The molecule has 0 amide bonds. The van der Waals surface area contributed by atoms with E-state index in [9.17, 15) is 23.3 Å². The Morgan fingerprint density at radius 3 is 2.58 bits per heavy atom. The third kappa shape index (κ3) is 3.95. The topological polar surface area (TPSA) is 74.9 Å².